The number of nitrogens with zero attached hydrogens (tertiary/aromatic N) is 2. The van der Waals surface area contributed by atoms with Crippen LogP contribution in [0.1, 0.15) is 23.6 Å². The van der Waals surface area contributed by atoms with Gasteiger partial charge in [-0.25, -0.2) is 8.42 Å². The van der Waals surface area contributed by atoms with Crippen LogP contribution >= 0.6 is 23.2 Å². The molecule has 0 spiro atoms. The summed E-state index contributed by atoms with van der Waals surface area (Å²) in [6, 6.07) is 26.4. The Morgan fingerprint density at radius 2 is 1.56 bits per heavy atom. The first-order valence-electron chi connectivity index (χ1n) is 14.3. The molecule has 45 heavy (non-hydrogen) atoms. The van der Waals surface area contributed by atoms with Gasteiger partial charge in [0.25, 0.3) is 10.0 Å². The van der Waals surface area contributed by atoms with Gasteiger partial charge in [-0.2, -0.15) is 0 Å². The summed E-state index contributed by atoms with van der Waals surface area (Å²) in [4.78, 5) is 29.5. The van der Waals surface area contributed by atoms with E-state index in [2.05, 4.69) is 5.32 Å². The van der Waals surface area contributed by atoms with Crippen molar-refractivity contribution in [3.05, 3.63) is 124 Å². The summed E-state index contributed by atoms with van der Waals surface area (Å²) in [5.41, 5.74) is 2.43. The Bertz CT molecular complexity index is 1730. The average Bonchev–Trinajstić information content (AvgIpc) is 3.03. The van der Waals surface area contributed by atoms with Gasteiger partial charge >= 0.3 is 0 Å². The number of carbonyl (C=O) groups excluding carboxylic acids is 2. The fourth-order valence-electron chi connectivity index (χ4n) is 4.85. The highest BCUT2D eigenvalue weighted by Crippen LogP contribution is 2.35. The molecule has 1 N–H and O–H groups in total. The Kier molecular flexibility index (Phi) is 11.5. The van der Waals surface area contributed by atoms with Crippen molar-refractivity contribution in [3.8, 4) is 5.75 Å². The lowest BCUT2D eigenvalue weighted by Crippen LogP contribution is -2.53. The Hall–Kier alpha value is -4.05. The van der Waals surface area contributed by atoms with Crippen molar-refractivity contribution in [2.45, 2.75) is 37.8 Å². The molecule has 236 valence electrons. The highest BCUT2D eigenvalue weighted by molar-refractivity contribution is 7.92. The van der Waals surface area contributed by atoms with Crippen LogP contribution in [0.4, 0.5) is 5.69 Å². The summed E-state index contributed by atoms with van der Waals surface area (Å²) in [6.45, 7) is 3.34. The second kappa shape index (κ2) is 15.3. The van der Waals surface area contributed by atoms with E-state index in [-0.39, 0.29) is 39.5 Å². The van der Waals surface area contributed by atoms with Gasteiger partial charge in [-0.1, -0.05) is 89.4 Å². The van der Waals surface area contributed by atoms with Gasteiger partial charge in [-0.05, 0) is 61.4 Å². The van der Waals surface area contributed by atoms with Crippen molar-refractivity contribution in [1.29, 1.82) is 0 Å². The Morgan fingerprint density at radius 1 is 0.889 bits per heavy atom. The molecule has 0 unspecified atom stereocenters. The quantitative estimate of drug-likeness (QED) is 0.181. The number of anilines is 1. The summed E-state index contributed by atoms with van der Waals surface area (Å²) in [7, 11) is -2.78. The molecule has 0 aliphatic rings. The van der Waals surface area contributed by atoms with Gasteiger partial charge in [0.15, 0.2) is 0 Å². The first-order chi connectivity index (χ1) is 21.5. The van der Waals surface area contributed by atoms with Gasteiger partial charge in [-0.15, -0.1) is 0 Å². The van der Waals surface area contributed by atoms with Crippen LogP contribution in [0.3, 0.4) is 0 Å². The third-order valence-corrected chi connectivity index (χ3v) is 9.78. The van der Waals surface area contributed by atoms with Gasteiger partial charge in [0, 0.05) is 19.5 Å². The molecule has 0 saturated heterocycles. The number of benzene rings is 4. The van der Waals surface area contributed by atoms with E-state index in [4.69, 9.17) is 27.9 Å². The van der Waals surface area contributed by atoms with E-state index in [9.17, 15) is 18.0 Å². The van der Waals surface area contributed by atoms with E-state index in [1.54, 1.807) is 43.3 Å². The molecule has 0 aliphatic carbocycles. The number of rotatable bonds is 13. The number of hydrogen-bond donors (Lipinski definition) is 1. The number of likely N-dealkylation sites (N-methyl/N-ethyl adjacent to an activating group) is 1. The Balaban J connectivity index is 1.83. The number of amides is 2. The smallest absolute Gasteiger partial charge is 0.264 e. The lowest BCUT2D eigenvalue weighted by atomic mass is 10.0. The third kappa shape index (κ3) is 8.36. The molecule has 4 aromatic carbocycles. The minimum Gasteiger partial charge on any atom is -0.497 e. The zero-order valence-electron chi connectivity index (χ0n) is 25.2. The van der Waals surface area contributed by atoms with Crippen LogP contribution in [0.2, 0.25) is 10.0 Å². The second-order valence-corrected chi connectivity index (χ2v) is 13.0. The summed E-state index contributed by atoms with van der Waals surface area (Å²) in [6.07, 6.45) is 0.199. The van der Waals surface area contributed by atoms with Gasteiger partial charge in [0.1, 0.15) is 18.3 Å². The molecule has 0 aromatic heterocycles. The van der Waals surface area contributed by atoms with Gasteiger partial charge in [-0.3, -0.25) is 13.9 Å². The molecule has 0 aliphatic heterocycles. The van der Waals surface area contributed by atoms with E-state index < -0.39 is 28.5 Å². The van der Waals surface area contributed by atoms with E-state index in [1.165, 1.54) is 36.3 Å². The molecule has 4 aromatic rings. The Morgan fingerprint density at radius 3 is 2.22 bits per heavy atom. The van der Waals surface area contributed by atoms with Gasteiger partial charge < -0.3 is 15.0 Å². The number of halogens is 2. The maximum Gasteiger partial charge on any atom is 0.264 e. The van der Waals surface area contributed by atoms with Gasteiger partial charge in [0.2, 0.25) is 11.8 Å². The molecule has 0 fully saturated rings. The summed E-state index contributed by atoms with van der Waals surface area (Å²) in [5.74, 6) is -0.408. The fourth-order valence-corrected chi connectivity index (χ4v) is 6.72. The fraction of sp³-hybridized carbons (Fsp3) is 0.235. The predicted octanol–water partition coefficient (Wildman–Crippen LogP) is 6.28. The van der Waals surface area contributed by atoms with Crippen LogP contribution in [0.5, 0.6) is 5.75 Å². The third-order valence-electron chi connectivity index (χ3n) is 7.20. The first kappa shape index (κ1) is 33.8. The molecule has 2 amide bonds. The van der Waals surface area contributed by atoms with Crippen LogP contribution in [-0.4, -0.2) is 51.4 Å². The maximum atomic E-state index is 14.5. The minimum absolute atomic E-state index is 0.00631. The zero-order chi connectivity index (χ0) is 32.6. The lowest BCUT2D eigenvalue weighted by Gasteiger charge is -2.34. The molecule has 4 rings (SSSR count). The molecule has 0 bridgehead atoms. The molecule has 8 nitrogen and oxygen atoms in total. The summed E-state index contributed by atoms with van der Waals surface area (Å²) in [5, 5.41) is 2.95. The molecule has 0 radical (unpaired) electrons. The SMILES string of the molecule is CCNC(=O)[C@@H](Cc1ccccc1)N(Cc1cccc(OC)c1)C(=O)CN(c1cccc(Cl)c1Cl)S(=O)(=O)c1ccc(C)cc1. The number of aryl methyl sites for hydroxylation is 1. The number of hydrogen-bond acceptors (Lipinski definition) is 5. The van der Waals surface area contributed by atoms with Crippen LogP contribution in [0, 0.1) is 6.92 Å². The summed E-state index contributed by atoms with van der Waals surface area (Å²) < 4.78 is 34.7. The number of carbonyl (C=O) groups is 2. The zero-order valence-corrected chi connectivity index (χ0v) is 27.6. The topological polar surface area (TPSA) is 96.0 Å². The van der Waals surface area contributed by atoms with Crippen molar-refractivity contribution in [2.75, 3.05) is 24.5 Å². The minimum atomic E-state index is -4.32. The Labute approximate surface area is 274 Å². The number of methoxy groups -OCH3 is 1. The number of sulfonamides is 1. The van der Waals surface area contributed by atoms with Crippen molar-refractivity contribution < 1.29 is 22.7 Å². The molecule has 0 saturated carbocycles. The molecule has 1 atom stereocenters. The van der Waals surface area contributed by atoms with Crippen LogP contribution in [0.25, 0.3) is 0 Å². The van der Waals surface area contributed by atoms with Gasteiger partial charge in [0.05, 0.1) is 27.7 Å². The van der Waals surface area contributed by atoms with Crippen molar-refractivity contribution in [1.82, 2.24) is 10.2 Å². The summed E-state index contributed by atoms with van der Waals surface area (Å²) >= 11 is 12.9. The number of nitrogens with one attached hydrogen (secondary N) is 1. The van der Waals surface area contributed by atoms with Crippen LogP contribution < -0.4 is 14.4 Å². The van der Waals surface area contributed by atoms with E-state index in [0.717, 1.165) is 15.4 Å². The molecular formula is C34H35Cl2N3O5S. The lowest BCUT2D eigenvalue weighted by molar-refractivity contribution is -0.140. The number of ether oxygens (including phenoxy) is 1. The van der Waals surface area contributed by atoms with Crippen LogP contribution in [-0.2, 0) is 32.6 Å². The van der Waals surface area contributed by atoms with E-state index in [0.29, 0.717) is 17.9 Å². The van der Waals surface area contributed by atoms with E-state index in [1.807, 2.05) is 43.3 Å². The first-order valence-corrected chi connectivity index (χ1v) is 16.5. The molecule has 11 heteroatoms. The molecular weight excluding hydrogens is 633 g/mol. The standard InChI is InChI=1S/C34H35Cl2N3O5S/c1-4-37-34(41)31(21-25-10-6-5-7-11-25)38(22-26-12-8-13-27(20-26)44-3)32(40)23-39(30-15-9-14-29(35)33(30)36)45(42,43)28-18-16-24(2)17-19-28/h5-20,31H,4,21-23H2,1-3H3,(H,37,41)/t31-/m1/s1. The van der Waals surface area contributed by atoms with Crippen molar-refractivity contribution in [3.63, 3.8) is 0 Å². The largest absolute Gasteiger partial charge is 0.497 e. The van der Waals surface area contributed by atoms with Crippen molar-refractivity contribution >= 4 is 50.7 Å². The van der Waals surface area contributed by atoms with Crippen LogP contribution in [0.15, 0.2) is 102 Å². The predicted molar refractivity (Wildman–Crippen MR) is 178 cm³/mol. The molecule has 0 heterocycles. The highest BCUT2D eigenvalue weighted by atomic mass is 35.5. The maximum absolute atomic E-state index is 14.5. The normalized spacial score (nSPS) is 11.8. The van der Waals surface area contributed by atoms with Crippen molar-refractivity contribution in [2.24, 2.45) is 0 Å². The second-order valence-electron chi connectivity index (χ2n) is 10.4. The van der Waals surface area contributed by atoms with E-state index >= 15 is 0 Å². The highest BCUT2D eigenvalue weighted by Gasteiger charge is 2.35. The monoisotopic (exact) mass is 667 g/mol. The average molecular weight is 669 g/mol.